The number of fused-ring (bicyclic) bond motifs is 1. The monoisotopic (exact) mass is 423 g/mol. The molecule has 1 N–H and O–H groups in total. The van der Waals surface area contributed by atoms with Gasteiger partial charge in [0.15, 0.2) is 5.82 Å². The van der Waals surface area contributed by atoms with Gasteiger partial charge >= 0.3 is 0 Å². The molecule has 1 aromatic heterocycles. The average Bonchev–Trinajstić information content (AvgIpc) is 2.70. The molecule has 4 nitrogen and oxygen atoms in total. The number of nitrogens with one attached hydrogen (secondary N) is 1. The molecule has 0 unspecified atom stereocenters. The van der Waals surface area contributed by atoms with Crippen LogP contribution in [0.15, 0.2) is 66.7 Å². The number of aromatic nitrogens is 2. The number of nitrogens with zero attached hydrogens (tertiary/aromatic N) is 2. The highest BCUT2D eigenvalue weighted by molar-refractivity contribution is 6.36. The molecule has 0 saturated heterocycles. The summed E-state index contributed by atoms with van der Waals surface area (Å²) in [5.41, 5.74) is 2.47. The Kier molecular flexibility index (Phi) is 5.56. The van der Waals surface area contributed by atoms with E-state index in [1.165, 1.54) is 0 Å². The van der Waals surface area contributed by atoms with E-state index in [1.54, 1.807) is 12.1 Å². The van der Waals surface area contributed by atoms with E-state index >= 15 is 0 Å². The topological polar surface area (TPSA) is 47.0 Å². The van der Waals surface area contributed by atoms with Crippen LogP contribution in [0.3, 0.4) is 0 Å². The van der Waals surface area contributed by atoms with Crippen molar-refractivity contribution in [2.75, 3.05) is 5.32 Å². The molecule has 6 heteroatoms. The summed E-state index contributed by atoms with van der Waals surface area (Å²) in [6.07, 6.45) is 0.123. The maximum Gasteiger partial charge on any atom is 0.162 e. The predicted octanol–water partition coefficient (Wildman–Crippen LogP) is 7.13. The maximum absolute atomic E-state index is 6.34. The molecule has 0 atom stereocenters. The number of para-hydroxylation sites is 1. The minimum absolute atomic E-state index is 0.123. The second-order valence-electron chi connectivity index (χ2n) is 6.85. The molecule has 0 amide bonds. The van der Waals surface area contributed by atoms with Gasteiger partial charge in [0.05, 0.1) is 22.3 Å². The number of hydrogen-bond donors (Lipinski definition) is 1. The molecule has 3 aromatic carbocycles. The third-order valence-electron chi connectivity index (χ3n) is 4.27. The normalized spacial score (nSPS) is 11.1. The Balaban J connectivity index is 1.76. The SMILES string of the molecule is CC(C)Oc1ccc(-c2nc(Nc3ccc(Cl)cc3Cl)c3ccccc3n2)cc1. The second-order valence-corrected chi connectivity index (χ2v) is 7.70. The maximum atomic E-state index is 6.34. The third kappa shape index (κ3) is 4.44. The van der Waals surface area contributed by atoms with Crippen molar-refractivity contribution in [3.8, 4) is 17.1 Å². The van der Waals surface area contributed by atoms with Gasteiger partial charge in [-0.1, -0.05) is 35.3 Å². The van der Waals surface area contributed by atoms with E-state index in [9.17, 15) is 0 Å². The Bertz CT molecular complexity index is 1160. The Morgan fingerprint density at radius 2 is 1.66 bits per heavy atom. The summed E-state index contributed by atoms with van der Waals surface area (Å²) in [5.74, 6) is 2.11. The highest BCUT2D eigenvalue weighted by Gasteiger charge is 2.11. The van der Waals surface area contributed by atoms with Gasteiger partial charge in [-0.3, -0.25) is 0 Å². The Labute approximate surface area is 179 Å². The predicted molar refractivity (Wildman–Crippen MR) is 120 cm³/mol. The van der Waals surface area contributed by atoms with Crippen molar-refractivity contribution < 1.29 is 4.74 Å². The molecule has 0 aliphatic carbocycles. The zero-order chi connectivity index (χ0) is 20.4. The van der Waals surface area contributed by atoms with Gasteiger partial charge in [-0.25, -0.2) is 9.97 Å². The molecular weight excluding hydrogens is 405 g/mol. The van der Waals surface area contributed by atoms with Crippen molar-refractivity contribution in [2.24, 2.45) is 0 Å². The summed E-state index contributed by atoms with van der Waals surface area (Å²) in [6.45, 7) is 4.00. The van der Waals surface area contributed by atoms with Gasteiger partial charge in [0.25, 0.3) is 0 Å². The first kappa shape index (κ1) is 19.5. The lowest BCUT2D eigenvalue weighted by Gasteiger charge is -2.13. The van der Waals surface area contributed by atoms with Gasteiger partial charge in [0.1, 0.15) is 11.6 Å². The first-order chi connectivity index (χ1) is 14.0. The molecule has 1 heterocycles. The standard InChI is InChI=1S/C23H19Cl2N3O/c1-14(2)29-17-10-7-15(8-11-17)22-26-20-6-4-3-5-18(20)23(28-22)27-21-12-9-16(24)13-19(21)25/h3-14H,1-2H3,(H,26,27,28). The van der Waals surface area contributed by atoms with Crippen LogP contribution in [0.4, 0.5) is 11.5 Å². The van der Waals surface area contributed by atoms with Crippen LogP contribution in [0.5, 0.6) is 5.75 Å². The van der Waals surface area contributed by atoms with E-state index in [-0.39, 0.29) is 6.10 Å². The van der Waals surface area contributed by atoms with Crippen LogP contribution < -0.4 is 10.1 Å². The first-order valence-corrected chi connectivity index (χ1v) is 10.0. The lowest BCUT2D eigenvalue weighted by atomic mass is 10.1. The van der Waals surface area contributed by atoms with Crippen LogP contribution in [-0.2, 0) is 0 Å². The summed E-state index contributed by atoms with van der Waals surface area (Å²) in [7, 11) is 0. The Hall–Kier alpha value is -2.82. The van der Waals surface area contributed by atoms with Crippen molar-refractivity contribution >= 4 is 45.6 Å². The van der Waals surface area contributed by atoms with Gasteiger partial charge in [-0.15, -0.1) is 0 Å². The summed E-state index contributed by atoms with van der Waals surface area (Å²) in [6, 6.07) is 20.9. The summed E-state index contributed by atoms with van der Waals surface area (Å²) < 4.78 is 5.72. The average molecular weight is 424 g/mol. The number of hydrogen-bond acceptors (Lipinski definition) is 4. The highest BCUT2D eigenvalue weighted by atomic mass is 35.5. The molecule has 0 bridgehead atoms. The molecule has 146 valence electrons. The zero-order valence-corrected chi connectivity index (χ0v) is 17.5. The lowest BCUT2D eigenvalue weighted by molar-refractivity contribution is 0.242. The van der Waals surface area contributed by atoms with Crippen molar-refractivity contribution in [3.05, 3.63) is 76.8 Å². The summed E-state index contributed by atoms with van der Waals surface area (Å²) >= 11 is 12.4. The van der Waals surface area contributed by atoms with E-state index in [0.717, 1.165) is 27.9 Å². The smallest absolute Gasteiger partial charge is 0.162 e. The zero-order valence-electron chi connectivity index (χ0n) is 16.0. The van der Waals surface area contributed by atoms with Crippen LogP contribution >= 0.6 is 23.2 Å². The molecule has 29 heavy (non-hydrogen) atoms. The number of ether oxygens (including phenoxy) is 1. The summed E-state index contributed by atoms with van der Waals surface area (Å²) in [5, 5.41) is 5.33. The van der Waals surface area contributed by atoms with E-state index in [2.05, 4.69) is 5.32 Å². The molecule has 0 aliphatic heterocycles. The molecule has 0 saturated carbocycles. The van der Waals surface area contributed by atoms with Gasteiger partial charge < -0.3 is 10.1 Å². The minimum atomic E-state index is 0.123. The number of halogens is 2. The van der Waals surface area contributed by atoms with E-state index in [4.69, 9.17) is 37.9 Å². The first-order valence-electron chi connectivity index (χ1n) is 9.25. The molecule has 0 radical (unpaired) electrons. The number of rotatable bonds is 5. The minimum Gasteiger partial charge on any atom is -0.491 e. The van der Waals surface area contributed by atoms with Gasteiger partial charge in [0, 0.05) is 16.0 Å². The fraction of sp³-hybridized carbons (Fsp3) is 0.130. The summed E-state index contributed by atoms with van der Waals surface area (Å²) in [4.78, 5) is 9.49. The van der Waals surface area contributed by atoms with Crippen molar-refractivity contribution in [2.45, 2.75) is 20.0 Å². The van der Waals surface area contributed by atoms with Crippen LogP contribution in [-0.4, -0.2) is 16.1 Å². The number of anilines is 2. The van der Waals surface area contributed by atoms with Gasteiger partial charge in [-0.2, -0.15) is 0 Å². The largest absolute Gasteiger partial charge is 0.491 e. The van der Waals surface area contributed by atoms with Crippen LogP contribution in [0.25, 0.3) is 22.3 Å². The third-order valence-corrected chi connectivity index (χ3v) is 4.82. The fourth-order valence-electron chi connectivity index (χ4n) is 2.97. The van der Waals surface area contributed by atoms with E-state index in [0.29, 0.717) is 21.7 Å². The van der Waals surface area contributed by atoms with Crippen molar-refractivity contribution in [3.63, 3.8) is 0 Å². The van der Waals surface area contributed by atoms with E-state index < -0.39 is 0 Å². The van der Waals surface area contributed by atoms with Gasteiger partial charge in [0.2, 0.25) is 0 Å². The molecule has 4 aromatic rings. The van der Waals surface area contributed by atoms with E-state index in [1.807, 2.05) is 68.4 Å². The molecule has 0 fully saturated rings. The fourth-order valence-corrected chi connectivity index (χ4v) is 3.43. The Morgan fingerprint density at radius 3 is 2.38 bits per heavy atom. The quantitative estimate of drug-likeness (QED) is 0.370. The molecule has 0 aliphatic rings. The van der Waals surface area contributed by atoms with Crippen molar-refractivity contribution in [1.82, 2.24) is 9.97 Å². The molecular formula is C23H19Cl2N3O. The number of benzene rings is 3. The lowest BCUT2D eigenvalue weighted by Crippen LogP contribution is -2.05. The van der Waals surface area contributed by atoms with Crippen LogP contribution in [0, 0.1) is 0 Å². The molecule has 4 rings (SSSR count). The van der Waals surface area contributed by atoms with Crippen molar-refractivity contribution in [1.29, 1.82) is 0 Å². The van der Waals surface area contributed by atoms with Gasteiger partial charge in [-0.05, 0) is 68.4 Å². The van der Waals surface area contributed by atoms with Crippen LogP contribution in [0.2, 0.25) is 10.0 Å². The highest BCUT2D eigenvalue weighted by Crippen LogP contribution is 2.32. The molecule has 0 spiro atoms. The Morgan fingerprint density at radius 1 is 0.897 bits per heavy atom. The second kappa shape index (κ2) is 8.27. The van der Waals surface area contributed by atoms with Crippen LogP contribution in [0.1, 0.15) is 13.8 Å².